The van der Waals surface area contributed by atoms with E-state index in [1.807, 2.05) is 51.4 Å². The van der Waals surface area contributed by atoms with E-state index in [2.05, 4.69) is 43.3 Å². The van der Waals surface area contributed by atoms with Gasteiger partial charge >= 0.3 is 0 Å². The van der Waals surface area contributed by atoms with Crippen LogP contribution in [0.1, 0.15) is 19.4 Å². The Morgan fingerprint density at radius 2 is 1.82 bits per heavy atom. The smallest absolute Gasteiger partial charge is 0.194 e. The number of pyridine rings is 1. The summed E-state index contributed by atoms with van der Waals surface area (Å²) in [6.45, 7) is 8.56. The van der Waals surface area contributed by atoms with Crippen LogP contribution < -0.4 is 15.0 Å². The van der Waals surface area contributed by atoms with Crippen LogP contribution in [0.25, 0.3) is 0 Å². The molecule has 1 N–H and O–H groups in total. The van der Waals surface area contributed by atoms with Gasteiger partial charge in [0.25, 0.3) is 0 Å². The number of anilines is 1. The molecule has 0 spiro atoms. The summed E-state index contributed by atoms with van der Waals surface area (Å²) in [5.41, 5.74) is 1.21. The van der Waals surface area contributed by atoms with Crippen LogP contribution in [0.2, 0.25) is 0 Å². The molecule has 1 aromatic carbocycles. The molecule has 2 heterocycles. The van der Waals surface area contributed by atoms with Crippen LogP contribution in [0.15, 0.2) is 53.7 Å². The molecular formula is C21H30IN5O. The molecule has 0 amide bonds. The van der Waals surface area contributed by atoms with Gasteiger partial charge in [0.1, 0.15) is 11.6 Å². The fourth-order valence-electron chi connectivity index (χ4n) is 3.16. The third kappa shape index (κ3) is 6.25. The summed E-state index contributed by atoms with van der Waals surface area (Å²) in [6, 6.07) is 14.3. The predicted molar refractivity (Wildman–Crippen MR) is 126 cm³/mol. The van der Waals surface area contributed by atoms with Crippen molar-refractivity contribution in [2.75, 3.05) is 38.1 Å². The van der Waals surface area contributed by atoms with Gasteiger partial charge in [0, 0.05) is 46.0 Å². The summed E-state index contributed by atoms with van der Waals surface area (Å²) in [5, 5.41) is 3.47. The number of halogens is 1. The summed E-state index contributed by atoms with van der Waals surface area (Å²) in [6.07, 6.45) is 2.04. The molecule has 28 heavy (non-hydrogen) atoms. The molecule has 0 radical (unpaired) electrons. The molecule has 6 nitrogen and oxygen atoms in total. The van der Waals surface area contributed by atoms with Gasteiger partial charge in [-0.25, -0.2) is 4.98 Å². The number of ether oxygens (including phenoxy) is 1. The van der Waals surface area contributed by atoms with Gasteiger partial charge < -0.3 is 19.9 Å². The van der Waals surface area contributed by atoms with E-state index in [1.54, 1.807) is 0 Å². The van der Waals surface area contributed by atoms with Crippen molar-refractivity contribution < 1.29 is 4.74 Å². The maximum absolute atomic E-state index is 5.70. The van der Waals surface area contributed by atoms with E-state index in [9.17, 15) is 0 Å². The van der Waals surface area contributed by atoms with Crippen LogP contribution >= 0.6 is 24.0 Å². The monoisotopic (exact) mass is 495 g/mol. The van der Waals surface area contributed by atoms with Crippen molar-refractivity contribution in [1.29, 1.82) is 0 Å². The molecule has 152 valence electrons. The van der Waals surface area contributed by atoms with Crippen molar-refractivity contribution in [1.82, 2.24) is 15.2 Å². The van der Waals surface area contributed by atoms with Crippen LogP contribution in [0.4, 0.5) is 5.82 Å². The Labute approximate surface area is 185 Å². The Hall–Kier alpha value is -2.03. The van der Waals surface area contributed by atoms with E-state index in [4.69, 9.17) is 4.74 Å². The molecule has 0 saturated carbocycles. The summed E-state index contributed by atoms with van der Waals surface area (Å²) in [5.74, 6) is 2.89. The Balaban J connectivity index is 0.00000280. The maximum atomic E-state index is 5.70. The predicted octanol–water partition coefficient (Wildman–Crippen LogP) is 3.38. The molecule has 0 bridgehead atoms. The van der Waals surface area contributed by atoms with Gasteiger partial charge in [0.2, 0.25) is 0 Å². The van der Waals surface area contributed by atoms with Crippen molar-refractivity contribution in [3.8, 4) is 5.75 Å². The minimum absolute atomic E-state index is 0. The fourth-order valence-corrected chi connectivity index (χ4v) is 3.16. The molecule has 0 unspecified atom stereocenters. The van der Waals surface area contributed by atoms with Gasteiger partial charge in [-0.2, -0.15) is 0 Å². The molecule has 1 saturated heterocycles. The first-order valence-corrected chi connectivity index (χ1v) is 9.53. The molecule has 1 aliphatic rings. The van der Waals surface area contributed by atoms with Crippen LogP contribution in [0.5, 0.6) is 5.75 Å². The second-order valence-electron chi connectivity index (χ2n) is 6.87. The number of piperazine rings is 1. The lowest BCUT2D eigenvalue weighted by Gasteiger charge is -2.37. The highest BCUT2D eigenvalue weighted by atomic mass is 127. The molecule has 0 atom stereocenters. The van der Waals surface area contributed by atoms with Gasteiger partial charge in [0.05, 0.1) is 6.10 Å². The normalized spacial score (nSPS) is 14.6. The highest BCUT2D eigenvalue weighted by molar-refractivity contribution is 14.0. The van der Waals surface area contributed by atoms with Crippen molar-refractivity contribution in [2.24, 2.45) is 4.99 Å². The number of hydrogen-bond acceptors (Lipinski definition) is 4. The van der Waals surface area contributed by atoms with E-state index in [0.717, 1.165) is 50.3 Å². The number of aliphatic imine (C=N–C) groups is 1. The second-order valence-corrected chi connectivity index (χ2v) is 6.87. The van der Waals surface area contributed by atoms with Crippen LogP contribution in [-0.2, 0) is 6.54 Å². The minimum Gasteiger partial charge on any atom is -0.491 e. The average Bonchev–Trinajstić information content (AvgIpc) is 2.70. The lowest BCUT2D eigenvalue weighted by atomic mass is 10.2. The molecular weight excluding hydrogens is 465 g/mol. The third-order valence-electron chi connectivity index (χ3n) is 4.51. The first-order valence-electron chi connectivity index (χ1n) is 9.53. The van der Waals surface area contributed by atoms with Crippen LogP contribution in [-0.4, -0.2) is 55.2 Å². The van der Waals surface area contributed by atoms with Crippen molar-refractivity contribution in [3.63, 3.8) is 0 Å². The van der Waals surface area contributed by atoms with E-state index in [-0.39, 0.29) is 30.1 Å². The number of aromatic nitrogens is 1. The van der Waals surface area contributed by atoms with E-state index in [0.29, 0.717) is 0 Å². The molecule has 2 aromatic rings. The second kappa shape index (κ2) is 11.1. The van der Waals surface area contributed by atoms with Gasteiger partial charge in [-0.1, -0.05) is 18.2 Å². The van der Waals surface area contributed by atoms with Crippen LogP contribution in [0.3, 0.4) is 0 Å². The van der Waals surface area contributed by atoms with E-state index in [1.165, 1.54) is 5.56 Å². The molecule has 1 fully saturated rings. The molecule has 1 aliphatic heterocycles. The first-order chi connectivity index (χ1) is 13.2. The number of guanidine groups is 1. The lowest BCUT2D eigenvalue weighted by Crippen LogP contribution is -2.52. The molecule has 7 heteroatoms. The standard InChI is InChI=1S/C21H29N5O.HI/c1-17(2)27-19-9-7-18(8-10-19)16-24-21(22-3)26-14-12-25(13-15-26)20-6-4-5-11-23-20;/h4-11,17H,12-16H2,1-3H3,(H,22,24);1H. The topological polar surface area (TPSA) is 53.0 Å². The number of nitrogens with one attached hydrogen (secondary N) is 1. The average molecular weight is 495 g/mol. The fraction of sp³-hybridized carbons (Fsp3) is 0.429. The van der Waals surface area contributed by atoms with Crippen LogP contribution in [0, 0.1) is 0 Å². The Bertz CT molecular complexity index is 728. The van der Waals surface area contributed by atoms with Crippen molar-refractivity contribution in [2.45, 2.75) is 26.5 Å². The first kappa shape index (κ1) is 22.3. The molecule has 1 aromatic heterocycles. The summed E-state index contributed by atoms with van der Waals surface area (Å²) < 4.78 is 5.70. The summed E-state index contributed by atoms with van der Waals surface area (Å²) in [4.78, 5) is 13.5. The van der Waals surface area contributed by atoms with E-state index < -0.39 is 0 Å². The SMILES string of the molecule is CN=C(NCc1ccc(OC(C)C)cc1)N1CCN(c2ccccn2)CC1.I. The number of benzene rings is 1. The van der Waals surface area contributed by atoms with E-state index >= 15 is 0 Å². The largest absolute Gasteiger partial charge is 0.491 e. The Kier molecular flexibility index (Phi) is 8.82. The van der Waals surface area contributed by atoms with Gasteiger partial charge in [-0.3, -0.25) is 4.99 Å². The molecule has 3 rings (SSSR count). The number of rotatable bonds is 5. The van der Waals surface area contributed by atoms with Gasteiger partial charge in [0.15, 0.2) is 5.96 Å². The molecule has 0 aliphatic carbocycles. The Morgan fingerprint density at radius 1 is 1.11 bits per heavy atom. The van der Waals surface area contributed by atoms with Gasteiger partial charge in [-0.15, -0.1) is 24.0 Å². The van der Waals surface area contributed by atoms with Crippen molar-refractivity contribution in [3.05, 3.63) is 54.2 Å². The zero-order valence-electron chi connectivity index (χ0n) is 16.8. The zero-order valence-corrected chi connectivity index (χ0v) is 19.2. The maximum Gasteiger partial charge on any atom is 0.194 e. The number of hydrogen-bond donors (Lipinski definition) is 1. The quantitative estimate of drug-likeness (QED) is 0.392. The summed E-state index contributed by atoms with van der Waals surface area (Å²) >= 11 is 0. The number of nitrogens with zero attached hydrogens (tertiary/aromatic N) is 4. The van der Waals surface area contributed by atoms with Crippen molar-refractivity contribution >= 4 is 35.8 Å². The summed E-state index contributed by atoms with van der Waals surface area (Å²) in [7, 11) is 1.84. The highest BCUT2D eigenvalue weighted by Gasteiger charge is 2.20. The zero-order chi connectivity index (χ0) is 19.1. The minimum atomic E-state index is 0. The highest BCUT2D eigenvalue weighted by Crippen LogP contribution is 2.15. The Morgan fingerprint density at radius 3 is 2.39 bits per heavy atom. The third-order valence-corrected chi connectivity index (χ3v) is 4.51. The van der Waals surface area contributed by atoms with Gasteiger partial charge in [-0.05, 0) is 43.7 Å². The lowest BCUT2D eigenvalue weighted by molar-refractivity contribution is 0.242.